The van der Waals surface area contributed by atoms with Crippen LogP contribution in [0.5, 0.6) is 0 Å². The van der Waals surface area contributed by atoms with Gasteiger partial charge in [-0.25, -0.2) is 14.3 Å². The number of amides is 1. The normalized spacial score (nSPS) is 10.8. The minimum absolute atomic E-state index is 0.0453. The van der Waals surface area contributed by atoms with Gasteiger partial charge in [0.15, 0.2) is 5.69 Å². The molecule has 0 saturated carbocycles. The molecule has 0 spiro atoms. The molecule has 0 radical (unpaired) electrons. The Morgan fingerprint density at radius 3 is 2.06 bits per heavy atom. The summed E-state index contributed by atoms with van der Waals surface area (Å²) in [5.41, 5.74) is 0.0582. The number of anilines is 1. The highest BCUT2D eigenvalue weighted by Crippen LogP contribution is 2.20. The molecule has 1 heterocycles. The molecular weight excluding hydrogens is 414 g/mol. The van der Waals surface area contributed by atoms with E-state index in [0.717, 1.165) is 0 Å². The molecule has 0 fully saturated rings. The van der Waals surface area contributed by atoms with E-state index in [1.807, 2.05) is 13.8 Å². The van der Waals surface area contributed by atoms with E-state index < -0.39 is 17.8 Å². The summed E-state index contributed by atoms with van der Waals surface area (Å²) in [4.78, 5) is 49.9. The fourth-order valence-corrected chi connectivity index (χ4v) is 3.23. The average Bonchev–Trinajstić information content (AvgIpc) is 2.79. The standard InChI is InChI=1S/C23H23N3O6/c1-13(2)12-26-21(28)18-8-6-5-7-17(18)19(25-26)20(27)24-16-10-14(22(29)31-3)9-15(11-16)23(30)32-4/h5-11,13H,12H2,1-4H3,(H,24,27). The number of hydrogen-bond acceptors (Lipinski definition) is 7. The number of nitrogens with one attached hydrogen (secondary N) is 1. The van der Waals surface area contributed by atoms with Crippen molar-refractivity contribution in [1.29, 1.82) is 0 Å². The van der Waals surface area contributed by atoms with E-state index >= 15 is 0 Å². The number of rotatable bonds is 6. The summed E-state index contributed by atoms with van der Waals surface area (Å²) in [6.07, 6.45) is 0. The van der Waals surface area contributed by atoms with Crippen LogP contribution in [-0.2, 0) is 16.0 Å². The third-order valence-electron chi connectivity index (χ3n) is 4.65. The molecule has 1 N–H and O–H groups in total. The molecule has 1 aromatic heterocycles. The molecule has 0 aliphatic carbocycles. The van der Waals surface area contributed by atoms with Crippen molar-refractivity contribution >= 4 is 34.3 Å². The zero-order valence-electron chi connectivity index (χ0n) is 18.2. The number of aromatic nitrogens is 2. The van der Waals surface area contributed by atoms with E-state index in [2.05, 4.69) is 10.4 Å². The minimum Gasteiger partial charge on any atom is -0.465 e. The second kappa shape index (κ2) is 9.42. The lowest BCUT2D eigenvalue weighted by Crippen LogP contribution is -2.29. The number of methoxy groups -OCH3 is 2. The van der Waals surface area contributed by atoms with Gasteiger partial charge < -0.3 is 14.8 Å². The van der Waals surface area contributed by atoms with Gasteiger partial charge in [0.05, 0.1) is 30.7 Å². The van der Waals surface area contributed by atoms with Gasteiger partial charge in [0.2, 0.25) is 0 Å². The lowest BCUT2D eigenvalue weighted by atomic mass is 10.1. The molecular formula is C23H23N3O6. The maximum atomic E-state index is 13.2. The van der Waals surface area contributed by atoms with Gasteiger partial charge in [-0.15, -0.1) is 0 Å². The number of ether oxygens (including phenoxy) is 2. The molecule has 3 rings (SSSR count). The molecule has 0 aliphatic rings. The van der Waals surface area contributed by atoms with E-state index in [1.54, 1.807) is 24.3 Å². The van der Waals surface area contributed by atoms with Gasteiger partial charge in [-0.2, -0.15) is 5.10 Å². The largest absolute Gasteiger partial charge is 0.465 e. The van der Waals surface area contributed by atoms with Crippen molar-refractivity contribution in [1.82, 2.24) is 9.78 Å². The van der Waals surface area contributed by atoms with Crippen LogP contribution in [0, 0.1) is 5.92 Å². The Morgan fingerprint density at radius 1 is 0.969 bits per heavy atom. The summed E-state index contributed by atoms with van der Waals surface area (Å²) in [6, 6.07) is 10.8. The van der Waals surface area contributed by atoms with Crippen LogP contribution in [0.3, 0.4) is 0 Å². The summed E-state index contributed by atoms with van der Waals surface area (Å²) in [6.45, 7) is 4.22. The number of nitrogens with zero attached hydrogens (tertiary/aromatic N) is 2. The zero-order valence-corrected chi connectivity index (χ0v) is 18.2. The van der Waals surface area contributed by atoms with Crippen LogP contribution in [0.4, 0.5) is 5.69 Å². The highest BCUT2D eigenvalue weighted by Gasteiger charge is 2.19. The Bertz CT molecular complexity index is 1230. The van der Waals surface area contributed by atoms with Gasteiger partial charge in [0.25, 0.3) is 11.5 Å². The number of carbonyl (C=O) groups excluding carboxylic acids is 3. The molecule has 0 aliphatic heterocycles. The van der Waals surface area contributed by atoms with Crippen LogP contribution < -0.4 is 10.9 Å². The van der Waals surface area contributed by atoms with Gasteiger partial charge >= 0.3 is 11.9 Å². The van der Waals surface area contributed by atoms with Crippen LogP contribution in [0.15, 0.2) is 47.3 Å². The van der Waals surface area contributed by atoms with Gasteiger partial charge in [-0.1, -0.05) is 32.0 Å². The van der Waals surface area contributed by atoms with Crippen LogP contribution in [0.25, 0.3) is 10.8 Å². The van der Waals surface area contributed by atoms with E-state index in [0.29, 0.717) is 17.3 Å². The highest BCUT2D eigenvalue weighted by molar-refractivity contribution is 6.11. The average molecular weight is 437 g/mol. The van der Waals surface area contributed by atoms with Crippen LogP contribution in [-0.4, -0.2) is 41.8 Å². The summed E-state index contributed by atoms with van der Waals surface area (Å²) >= 11 is 0. The van der Waals surface area contributed by atoms with Crippen molar-refractivity contribution in [2.24, 2.45) is 5.92 Å². The molecule has 9 heteroatoms. The second-order valence-corrected chi connectivity index (χ2v) is 7.51. The highest BCUT2D eigenvalue weighted by atomic mass is 16.5. The smallest absolute Gasteiger partial charge is 0.337 e. The van der Waals surface area contributed by atoms with E-state index in [1.165, 1.54) is 37.1 Å². The SMILES string of the molecule is COC(=O)c1cc(NC(=O)c2nn(CC(C)C)c(=O)c3ccccc23)cc(C(=O)OC)c1. The first-order valence-corrected chi connectivity index (χ1v) is 9.88. The lowest BCUT2D eigenvalue weighted by Gasteiger charge is -2.13. The van der Waals surface area contributed by atoms with Crippen molar-refractivity contribution in [2.75, 3.05) is 19.5 Å². The van der Waals surface area contributed by atoms with Crippen molar-refractivity contribution in [3.05, 3.63) is 69.6 Å². The predicted octanol–water partition coefficient (Wildman–Crippen LogP) is 2.88. The van der Waals surface area contributed by atoms with Crippen LogP contribution in [0.2, 0.25) is 0 Å². The number of benzene rings is 2. The van der Waals surface area contributed by atoms with Crippen molar-refractivity contribution < 1.29 is 23.9 Å². The molecule has 2 aromatic carbocycles. The summed E-state index contributed by atoms with van der Waals surface area (Å²) in [5.74, 6) is -1.83. The molecule has 32 heavy (non-hydrogen) atoms. The van der Waals surface area contributed by atoms with Crippen LogP contribution in [0.1, 0.15) is 45.1 Å². The fourth-order valence-electron chi connectivity index (χ4n) is 3.23. The summed E-state index contributed by atoms with van der Waals surface area (Å²) in [5, 5.41) is 7.71. The quantitative estimate of drug-likeness (QED) is 0.589. The van der Waals surface area contributed by atoms with Gasteiger partial charge in [-0.05, 0) is 30.2 Å². The summed E-state index contributed by atoms with van der Waals surface area (Å²) < 4.78 is 10.7. The number of carbonyl (C=O) groups is 3. The molecule has 166 valence electrons. The third-order valence-corrected chi connectivity index (χ3v) is 4.65. The van der Waals surface area contributed by atoms with E-state index in [9.17, 15) is 19.2 Å². The minimum atomic E-state index is -0.680. The van der Waals surface area contributed by atoms with E-state index in [4.69, 9.17) is 9.47 Å². The maximum Gasteiger partial charge on any atom is 0.337 e. The molecule has 0 saturated heterocycles. The molecule has 0 unspecified atom stereocenters. The maximum absolute atomic E-state index is 13.2. The first-order chi connectivity index (χ1) is 15.2. The van der Waals surface area contributed by atoms with Crippen molar-refractivity contribution in [2.45, 2.75) is 20.4 Å². The van der Waals surface area contributed by atoms with Crippen molar-refractivity contribution in [3.8, 4) is 0 Å². The second-order valence-electron chi connectivity index (χ2n) is 7.51. The van der Waals surface area contributed by atoms with Crippen LogP contribution >= 0.6 is 0 Å². The Kier molecular flexibility index (Phi) is 6.67. The lowest BCUT2D eigenvalue weighted by molar-refractivity contribution is 0.0599. The molecule has 9 nitrogen and oxygen atoms in total. The Hall–Kier alpha value is -4.01. The first kappa shape index (κ1) is 22.7. The Balaban J connectivity index is 2.09. The number of hydrogen-bond donors (Lipinski definition) is 1. The van der Waals surface area contributed by atoms with Crippen molar-refractivity contribution in [3.63, 3.8) is 0 Å². The van der Waals surface area contributed by atoms with E-state index in [-0.39, 0.29) is 34.0 Å². The molecule has 1 amide bonds. The van der Waals surface area contributed by atoms with Gasteiger partial charge in [-0.3, -0.25) is 9.59 Å². The third kappa shape index (κ3) is 4.66. The Morgan fingerprint density at radius 2 is 1.53 bits per heavy atom. The molecule has 0 bridgehead atoms. The van der Waals surface area contributed by atoms with Gasteiger partial charge in [0, 0.05) is 17.6 Å². The van der Waals surface area contributed by atoms with Gasteiger partial charge in [0.1, 0.15) is 0 Å². The topological polar surface area (TPSA) is 117 Å². The zero-order chi connectivity index (χ0) is 23.4. The number of esters is 2. The molecule has 0 atom stereocenters. The Labute approximate surface area is 183 Å². The molecule has 3 aromatic rings. The monoisotopic (exact) mass is 437 g/mol. The summed E-state index contributed by atoms with van der Waals surface area (Å²) in [7, 11) is 2.42. The first-order valence-electron chi connectivity index (χ1n) is 9.88. The predicted molar refractivity (Wildman–Crippen MR) is 118 cm³/mol. The fraction of sp³-hybridized carbons (Fsp3) is 0.261. The number of fused-ring (bicyclic) bond motifs is 1.